The van der Waals surface area contributed by atoms with Gasteiger partial charge in [0.25, 0.3) is 0 Å². The third-order valence-corrected chi connectivity index (χ3v) is 2.48. The molecule has 0 aromatic rings. The molecule has 0 radical (unpaired) electrons. The van der Waals surface area contributed by atoms with E-state index in [4.69, 9.17) is 0 Å². The highest BCUT2D eigenvalue weighted by atomic mass is 16.1. The average Bonchev–Trinajstić information content (AvgIpc) is 2.05. The van der Waals surface area contributed by atoms with Gasteiger partial charge in [0, 0.05) is 5.41 Å². The molecule has 1 nitrogen and oxygen atoms in total. The van der Waals surface area contributed by atoms with Gasteiger partial charge < -0.3 is 4.79 Å². The number of carbonyl (C=O) groups is 1. The zero-order valence-corrected chi connectivity index (χ0v) is 6.97. The maximum atomic E-state index is 10.8. The lowest BCUT2D eigenvalue weighted by Gasteiger charge is -2.29. The van der Waals surface area contributed by atoms with E-state index in [2.05, 4.69) is 18.7 Å². The summed E-state index contributed by atoms with van der Waals surface area (Å²) < 4.78 is 0. The molecule has 1 unspecified atom stereocenters. The van der Waals surface area contributed by atoms with Crippen LogP contribution in [0.3, 0.4) is 0 Å². The van der Waals surface area contributed by atoms with Crippen LogP contribution >= 0.6 is 0 Å². The lowest BCUT2D eigenvalue weighted by atomic mass is 9.74. The summed E-state index contributed by atoms with van der Waals surface area (Å²) in [7, 11) is 0. The fourth-order valence-electron chi connectivity index (χ4n) is 1.45. The van der Waals surface area contributed by atoms with Gasteiger partial charge in [-0.3, -0.25) is 0 Å². The van der Waals surface area contributed by atoms with E-state index in [1.165, 1.54) is 0 Å². The van der Waals surface area contributed by atoms with Crippen molar-refractivity contribution >= 4 is 6.29 Å². The minimum absolute atomic E-state index is 0.241. The van der Waals surface area contributed by atoms with Gasteiger partial charge >= 0.3 is 0 Å². The van der Waals surface area contributed by atoms with E-state index in [9.17, 15) is 4.79 Å². The van der Waals surface area contributed by atoms with Crippen molar-refractivity contribution in [2.45, 2.75) is 26.2 Å². The van der Waals surface area contributed by atoms with Crippen LogP contribution in [-0.2, 0) is 4.79 Å². The largest absolute Gasteiger partial charge is 0.302 e. The van der Waals surface area contributed by atoms with Gasteiger partial charge in [-0.25, -0.2) is 0 Å². The highest BCUT2D eigenvalue weighted by molar-refractivity contribution is 5.65. The highest BCUT2D eigenvalue weighted by Gasteiger charge is 2.30. The van der Waals surface area contributed by atoms with Crippen LogP contribution in [-0.4, -0.2) is 6.29 Å². The molecule has 0 aliphatic heterocycles. The zero-order chi connectivity index (χ0) is 8.32. The molecule has 0 aromatic heterocycles. The van der Waals surface area contributed by atoms with E-state index in [0.29, 0.717) is 0 Å². The lowest BCUT2D eigenvalue weighted by Crippen LogP contribution is -2.24. The Balaban J connectivity index is 2.83. The SMILES string of the molecule is C=C(C)C1(C=O)CC=CCC1. The molecule has 1 aliphatic rings. The van der Waals surface area contributed by atoms with Gasteiger partial charge in [-0.15, -0.1) is 0 Å². The summed E-state index contributed by atoms with van der Waals surface area (Å²) in [5.41, 5.74) is 0.756. The van der Waals surface area contributed by atoms with Crippen LogP contribution in [0.25, 0.3) is 0 Å². The van der Waals surface area contributed by atoms with Gasteiger partial charge in [-0.05, 0) is 26.2 Å². The van der Waals surface area contributed by atoms with E-state index < -0.39 is 0 Å². The molecule has 0 saturated carbocycles. The second-order valence-electron chi connectivity index (χ2n) is 3.27. The van der Waals surface area contributed by atoms with Crippen molar-refractivity contribution in [3.8, 4) is 0 Å². The minimum Gasteiger partial charge on any atom is -0.302 e. The maximum absolute atomic E-state index is 10.8. The highest BCUT2D eigenvalue weighted by Crippen LogP contribution is 2.36. The number of carbonyl (C=O) groups excluding carboxylic acids is 1. The van der Waals surface area contributed by atoms with Crippen molar-refractivity contribution < 1.29 is 4.79 Å². The molecule has 60 valence electrons. The topological polar surface area (TPSA) is 17.1 Å². The van der Waals surface area contributed by atoms with Crippen LogP contribution in [0, 0.1) is 5.41 Å². The first-order valence-corrected chi connectivity index (χ1v) is 3.98. The van der Waals surface area contributed by atoms with Crippen LogP contribution < -0.4 is 0 Å². The molecule has 1 rings (SSSR count). The predicted molar refractivity (Wildman–Crippen MR) is 46.3 cm³/mol. The summed E-state index contributed by atoms with van der Waals surface area (Å²) in [5.74, 6) is 0. The molecule has 0 bridgehead atoms. The Kier molecular flexibility index (Phi) is 2.28. The van der Waals surface area contributed by atoms with Gasteiger partial charge in [0.05, 0.1) is 0 Å². The first-order chi connectivity index (χ1) is 5.21. The van der Waals surface area contributed by atoms with Crippen LogP contribution in [0.1, 0.15) is 26.2 Å². The third-order valence-electron chi connectivity index (χ3n) is 2.48. The van der Waals surface area contributed by atoms with Crippen LogP contribution in [0.4, 0.5) is 0 Å². The molecule has 11 heavy (non-hydrogen) atoms. The van der Waals surface area contributed by atoms with Crippen molar-refractivity contribution in [1.82, 2.24) is 0 Å². The van der Waals surface area contributed by atoms with Crippen molar-refractivity contribution in [2.24, 2.45) is 5.41 Å². The Morgan fingerprint density at radius 2 is 2.36 bits per heavy atom. The first-order valence-electron chi connectivity index (χ1n) is 3.98. The average molecular weight is 150 g/mol. The van der Waals surface area contributed by atoms with E-state index in [1.54, 1.807) is 0 Å². The fourth-order valence-corrected chi connectivity index (χ4v) is 1.45. The van der Waals surface area contributed by atoms with Crippen molar-refractivity contribution in [3.63, 3.8) is 0 Å². The van der Waals surface area contributed by atoms with Crippen molar-refractivity contribution in [1.29, 1.82) is 0 Å². The molecular formula is C10H14O. The first kappa shape index (κ1) is 8.25. The summed E-state index contributed by atoms with van der Waals surface area (Å²) in [6, 6.07) is 0. The molecule has 1 aliphatic carbocycles. The van der Waals surface area contributed by atoms with E-state index >= 15 is 0 Å². The van der Waals surface area contributed by atoms with E-state index in [0.717, 1.165) is 31.1 Å². The third kappa shape index (κ3) is 1.42. The molecule has 0 heterocycles. The van der Waals surface area contributed by atoms with Gasteiger partial charge in [0.1, 0.15) is 6.29 Å². The van der Waals surface area contributed by atoms with Crippen LogP contribution in [0.2, 0.25) is 0 Å². The summed E-state index contributed by atoms with van der Waals surface area (Å²) in [6.45, 7) is 5.79. The molecule has 0 amide bonds. The maximum Gasteiger partial charge on any atom is 0.130 e. The van der Waals surface area contributed by atoms with Gasteiger partial charge in [-0.1, -0.05) is 24.3 Å². The molecular weight excluding hydrogens is 136 g/mol. The van der Waals surface area contributed by atoms with Crippen molar-refractivity contribution in [3.05, 3.63) is 24.3 Å². The van der Waals surface area contributed by atoms with Crippen LogP contribution in [0.5, 0.6) is 0 Å². The number of allylic oxidation sites excluding steroid dienone is 3. The fraction of sp³-hybridized carbons (Fsp3) is 0.500. The van der Waals surface area contributed by atoms with E-state index in [-0.39, 0.29) is 5.41 Å². The number of hydrogen-bond acceptors (Lipinski definition) is 1. The molecule has 0 N–H and O–H groups in total. The number of rotatable bonds is 2. The predicted octanol–water partition coefficient (Wildman–Crippen LogP) is 2.49. The lowest BCUT2D eigenvalue weighted by molar-refractivity contribution is -0.114. The second-order valence-corrected chi connectivity index (χ2v) is 3.27. The standard InChI is InChI=1S/C10H14O/c1-9(2)10(8-11)6-4-3-5-7-10/h3-4,8H,1,5-7H2,2H3. The second kappa shape index (κ2) is 3.04. The zero-order valence-electron chi connectivity index (χ0n) is 6.97. The monoisotopic (exact) mass is 150 g/mol. The van der Waals surface area contributed by atoms with Crippen LogP contribution in [0.15, 0.2) is 24.3 Å². The number of hydrogen-bond donors (Lipinski definition) is 0. The Hall–Kier alpha value is -0.850. The molecule has 1 atom stereocenters. The molecule has 0 saturated heterocycles. The minimum atomic E-state index is -0.241. The van der Waals surface area contributed by atoms with Gasteiger partial charge in [0.15, 0.2) is 0 Å². The normalized spacial score (nSPS) is 29.9. The molecule has 1 heteroatoms. The molecule has 0 fully saturated rings. The van der Waals surface area contributed by atoms with E-state index in [1.807, 2.05) is 6.92 Å². The Labute approximate surface area is 67.8 Å². The molecule has 0 spiro atoms. The Morgan fingerprint density at radius 3 is 2.64 bits per heavy atom. The molecule has 0 aromatic carbocycles. The van der Waals surface area contributed by atoms with Gasteiger partial charge in [-0.2, -0.15) is 0 Å². The Morgan fingerprint density at radius 1 is 1.64 bits per heavy atom. The van der Waals surface area contributed by atoms with Gasteiger partial charge in [0.2, 0.25) is 0 Å². The summed E-state index contributed by atoms with van der Waals surface area (Å²) in [5, 5.41) is 0. The smallest absolute Gasteiger partial charge is 0.130 e. The van der Waals surface area contributed by atoms with Crippen molar-refractivity contribution in [2.75, 3.05) is 0 Å². The number of aldehydes is 1. The quantitative estimate of drug-likeness (QED) is 0.436. The summed E-state index contributed by atoms with van der Waals surface area (Å²) in [4.78, 5) is 10.8. The Bertz CT molecular complexity index is 203. The summed E-state index contributed by atoms with van der Waals surface area (Å²) in [6.07, 6.45) is 8.04. The summed E-state index contributed by atoms with van der Waals surface area (Å²) >= 11 is 0.